The van der Waals surface area contributed by atoms with Crippen molar-refractivity contribution in [1.82, 2.24) is 0 Å². The summed E-state index contributed by atoms with van der Waals surface area (Å²) in [4.78, 5) is 10.4. The highest BCUT2D eigenvalue weighted by Crippen LogP contribution is 2.45. The van der Waals surface area contributed by atoms with Crippen molar-refractivity contribution in [3.63, 3.8) is 0 Å². The molecule has 1 aliphatic rings. The second-order valence-corrected chi connectivity index (χ2v) is 6.68. The highest BCUT2D eigenvalue weighted by atomic mass is 16.4. The Kier molecular flexibility index (Phi) is 10.5. The van der Waals surface area contributed by atoms with Crippen molar-refractivity contribution in [1.29, 1.82) is 0 Å². The van der Waals surface area contributed by atoms with E-state index in [1.165, 1.54) is 25.7 Å². The molecule has 1 rings (SSSR count). The summed E-state index contributed by atoms with van der Waals surface area (Å²) in [6, 6.07) is 0. The Morgan fingerprint density at radius 3 is 2.74 bits per heavy atom. The maximum Gasteiger partial charge on any atom is 0.303 e. The molecular formula is C20H32O3. The first kappa shape index (κ1) is 19.8. The number of unbranched alkanes of at least 4 members (excludes halogenated alkanes) is 3. The number of aliphatic hydroxyl groups is 1. The molecule has 1 fully saturated rings. The van der Waals surface area contributed by atoms with Crippen molar-refractivity contribution < 1.29 is 15.0 Å². The van der Waals surface area contributed by atoms with Crippen LogP contribution in [0.15, 0.2) is 12.2 Å². The standard InChI is InChI=1S/C20H32O3/c1-2-3-6-13-19(21)14-8-5-4-7-11-17-16-18(17)12-9-10-15-20(22)23/h8,14,17-19,21H,2-3,6-7,9-13,15-16H2,1H3,(H,22,23)/b14-8+/t17-,18+,19+/m0/s1. The lowest BCUT2D eigenvalue weighted by Gasteiger charge is -2.02. The number of hydrogen-bond acceptors (Lipinski definition) is 2. The highest BCUT2D eigenvalue weighted by Gasteiger charge is 2.35. The van der Waals surface area contributed by atoms with E-state index >= 15 is 0 Å². The maximum absolute atomic E-state index is 10.4. The van der Waals surface area contributed by atoms with Gasteiger partial charge in [-0.05, 0) is 49.7 Å². The van der Waals surface area contributed by atoms with Gasteiger partial charge in [0.15, 0.2) is 0 Å². The molecule has 2 N–H and O–H groups in total. The Hall–Kier alpha value is -1.27. The minimum atomic E-state index is -0.684. The van der Waals surface area contributed by atoms with Gasteiger partial charge < -0.3 is 10.2 Å². The van der Waals surface area contributed by atoms with Gasteiger partial charge in [-0.3, -0.25) is 4.79 Å². The molecule has 23 heavy (non-hydrogen) atoms. The van der Waals surface area contributed by atoms with E-state index in [1.54, 1.807) is 12.2 Å². The summed E-state index contributed by atoms with van der Waals surface area (Å²) in [7, 11) is 0. The number of allylic oxidation sites excluding steroid dienone is 1. The predicted octanol–water partition coefficient (Wildman–Crippen LogP) is 4.55. The van der Waals surface area contributed by atoms with E-state index in [4.69, 9.17) is 5.11 Å². The minimum Gasteiger partial charge on any atom is -0.481 e. The molecule has 0 bridgehead atoms. The van der Waals surface area contributed by atoms with Gasteiger partial charge in [0.2, 0.25) is 0 Å². The number of hydrogen-bond donors (Lipinski definition) is 2. The molecule has 1 aliphatic carbocycles. The van der Waals surface area contributed by atoms with Crippen LogP contribution in [0.25, 0.3) is 0 Å². The van der Waals surface area contributed by atoms with Gasteiger partial charge >= 0.3 is 5.97 Å². The van der Waals surface area contributed by atoms with Gasteiger partial charge in [-0.1, -0.05) is 50.9 Å². The van der Waals surface area contributed by atoms with Crippen LogP contribution in [0, 0.1) is 23.7 Å². The number of aliphatic hydroxyl groups excluding tert-OH is 1. The molecule has 0 aromatic rings. The fourth-order valence-corrected chi connectivity index (χ4v) is 2.95. The Labute approximate surface area is 141 Å². The summed E-state index contributed by atoms with van der Waals surface area (Å²) in [6.45, 7) is 2.16. The summed E-state index contributed by atoms with van der Waals surface area (Å²) in [6.07, 6.45) is 14.2. The van der Waals surface area contributed by atoms with Crippen LogP contribution < -0.4 is 0 Å². The minimum absolute atomic E-state index is 0.305. The third-order valence-electron chi connectivity index (χ3n) is 4.53. The van der Waals surface area contributed by atoms with Gasteiger partial charge in [0.25, 0.3) is 0 Å². The van der Waals surface area contributed by atoms with Gasteiger partial charge in [-0.2, -0.15) is 0 Å². The molecular weight excluding hydrogens is 288 g/mol. The molecule has 3 heteroatoms. The van der Waals surface area contributed by atoms with Gasteiger partial charge in [0, 0.05) is 12.8 Å². The summed E-state index contributed by atoms with van der Waals surface area (Å²) < 4.78 is 0. The largest absolute Gasteiger partial charge is 0.481 e. The fraction of sp³-hybridized carbons (Fsp3) is 0.750. The van der Waals surface area contributed by atoms with E-state index in [2.05, 4.69) is 18.8 Å². The van der Waals surface area contributed by atoms with Crippen molar-refractivity contribution in [2.24, 2.45) is 11.8 Å². The monoisotopic (exact) mass is 320 g/mol. The van der Waals surface area contributed by atoms with Crippen LogP contribution in [0.3, 0.4) is 0 Å². The first-order valence-corrected chi connectivity index (χ1v) is 9.18. The lowest BCUT2D eigenvalue weighted by molar-refractivity contribution is -0.137. The van der Waals surface area contributed by atoms with E-state index in [0.717, 1.165) is 50.4 Å². The van der Waals surface area contributed by atoms with E-state index in [1.807, 2.05) is 0 Å². The Morgan fingerprint density at radius 2 is 2.00 bits per heavy atom. The number of aliphatic carboxylic acids is 1. The molecule has 0 aromatic heterocycles. The smallest absolute Gasteiger partial charge is 0.303 e. The second kappa shape index (κ2) is 12.2. The SMILES string of the molecule is CCCCC[C@@H](O)/C=C/C#CCC[C@H]1C[C@H]1CCCCC(=O)O. The molecule has 0 spiro atoms. The van der Waals surface area contributed by atoms with Crippen molar-refractivity contribution in [2.75, 3.05) is 0 Å². The topological polar surface area (TPSA) is 57.5 Å². The Morgan fingerprint density at radius 1 is 1.22 bits per heavy atom. The zero-order chi connectivity index (χ0) is 16.9. The molecule has 130 valence electrons. The van der Waals surface area contributed by atoms with Crippen LogP contribution in [-0.4, -0.2) is 22.3 Å². The van der Waals surface area contributed by atoms with E-state index in [0.29, 0.717) is 6.42 Å². The van der Waals surface area contributed by atoms with Crippen molar-refractivity contribution in [2.45, 2.75) is 83.7 Å². The molecule has 0 unspecified atom stereocenters. The predicted molar refractivity (Wildman–Crippen MR) is 94.0 cm³/mol. The lowest BCUT2D eigenvalue weighted by atomic mass is 10.1. The van der Waals surface area contributed by atoms with Gasteiger partial charge in [-0.15, -0.1) is 0 Å². The summed E-state index contributed by atoms with van der Waals surface area (Å²) in [5.74, 6) is 7.10. The first-order chi connectivity index (χ1) is 11.1. The van der Waals surface area contributed by atoms with Crippen LogP contribution in [0.1, 0.15) is 77.6 Å². The van der Waals surface area contributed by atoms with Gasteiger partial charge in [-0.25, -0.2) is 0 Å². The molecule has 0 aliphatic heterocycles. The number of carbonyl (C=O) groups is 1. The van der Waals surface area contributed by atoms with Crippen molar-refractivity contribution in [3.05, 3.63) is 12.2 Å². The molecule has 3 nitrogen and oxygen atoms in total. The summed E-state index contributed by atoms with van der Waals surface area (Å²) in [5.41, 5.74) is 0. The number of rotatable bonds is 12. The molecule has 0 radical (unpaired) electrons. The Balaban J connectivity index is 1.98. The van der Waals surface area contributed by atoms with Crippen molar-refractivity contribution in [3.8, 4) is 11.8 Å². The van der Waals surface area contributed by atoms with Crippen LogP contribution in [0.4, 0.5) is 0 Å². The summed E-state index contributed by atoms with van der Waals surface area (Å²) in [5, 5.41) is 18.3. The zero-order valence-electron chi connectivity index (χ0n) is 14.5. The number of carboxylic acid groups (broad SMARTS) is 1. The zero-order valence-corrected chi connectivity index (χ0v) is 14.5. The lowest BCUT2D eigenvalue weighted by Crippen LogP contribution is -2.00. The average Bonchev–Trinajstić information content (AvgIpc) is 3.26. The number of carboxylic acids is 1. The Bertz CT molecular complexity index is 416. The molecule has 0 saturated heterocycles. The average molecular weight is 320 g/mol. The van der Waals surface area contributed by atoms with E-state index in [9.17, 15) is 9.90 Å². The van der Waals surface area contributed by atoms with Gasteiger partial charge in [0.05, 0.1) is 6.10 Å². The van der Waals surface area contributed by atoms with Crippen molar-refractivity contribution >= 4 is 5.97 Å². The first-order valence-electron chi connectivity index (χ1n) is 9.18. The maximum atomic E-state index is 10.4. The van der Waals surface area contributed by atoms with E-state index < -0.39 is 5.97 Å². The highest BCUT2D eigenvalue weighted by molar-refractivity contribution is 5.66. The molecule has 0 heterocycles. The van der Waals surface area contributed by atoms with Crippen LogP contribution in [0.5, 0.6) is 0 Å². The fourth-order valence-electron chi connectivity index (χ4n) is 2.95. The molecule has 3 atom stereocenters. The van der Waals surface area contributed by atoms with Crippen LogP contribution in [-0.2, 0) is 4.79 Å². The summed E-state index contributed by atoms with van der Waals surface area (Å²) >= 11 is 0. The van der Waals surface area contributed by atoms with Crippen LogP contribution in [0.2, 0.25) is 0 Å². The van der Waals surface area contributed by atoms with E-state index in [-0.39, 0.29) is 6.10 Å². The third-order valence-corrected chi connectivity index (χ3v) is 4.53. The normalized spacial score (nSPS) is 21.0. The molecule has 1 saturated carbocycles. The third kappa shape index (κ3) is 11.0. The second-order valence-electron chi connectivity index (χ2n) is 6.68. The molecule has 0 aromatic carbocycles. The van der Waals surface area contributed by atoms with Crippen LogP contribution >= 0.6 is 0 Å². The molecule has 0 amide bonds. The van der Waals surface area contributed by atoms with Gasteiger partial charge in [0.1, 0.15) is 0 Å². The quantitative estimate of drug-likeness (QED) is 0.410.